The van der Waals surface area contributed by atoms with Crippen LogP contribution in [0.3, 0.4) is 0 Å². The van der Waals surface area contributed by atoms with Crippen molar-refractivity contribution in [1.82, 2.24) is 24.6 Å². The third-order valence-electron chi connectivity index (χ3n) is 8.44. The van der Waals surface area contributed by atoms with Gasteiger partial charge in [-0.25, -0.2) is 9.97 Å². The number of likely N-dealkylation sites (N-methyl/N-ethyl adjacent to an activating group) is 1. The molecule has 2 aromatic heterocycles. The van der Waals surface area contributed by atoms with Crippen LogP contribution >= 0.6 is 11.6 Å². The lowest BCUT2D eigenvalue weighted by Gasteiger charge is -2.36. The number of hydrogen-bond donors (Lipinski definition) is 1. The van der Waals surface area contributed by atoms with Gasteiger partial charge in [0.05, 0.1) is 22.9 Å². The normalized spacial score (nSPS) is 19.9. The molecule has 8 heteroatoms. The van der Waals surface area contributed by atoms with Crippen LogP contribution in [0.25, 0.3) is 16.8 Å². The zero-order valence-electron chi connectivity index (χ0n) is 23.2. The fourth-order valence-corrected chi connectivity index (χ4v) is 6.11. The van der Waals surface area contributed by atoms with E-state index in [4.69, 9.17) is 21.0 Å². The molecule has 1 aliphatic heterocycles. The number of halogens is 1. The highest BCUT2D eigenvalue weighted by Gasteiger charge is 2.38. The van der Waals surface area contributed by atoms with Crippen molar-refractivity contribution in [1.29, 1.82) is 0 Å². The van der Waals surface area contributed by atoms with Gasteiger partial charge in [0, 0.05) is 30.8 Å². The van der Waals surface area contributed by atoms with E-state index in [0.29, 0.717) is 5.15 Å². The van der Waals surface area contributed by atoms with Gasteiger partial charge >= 0.3 is 0 Å². The Bertz CT molecular complexity index is 1210. The van der Waals surface area contributed by atoms with Crippen molar-refractivity contribution in [3.8, 4) is 11.3 Å². The average Bonchev–Trinajstić information content (AvgIpc) is 3.44. The summed E-state index contributed by atoms with van der Waals surface area (Å²) >= 11 is 6.34. The third kappa shape index (κ3) is 5.14. The molecule has 0 radical (unpaired) electrons. The summed E-state index contributed by atoms with van der Waals surface area (Å²) < 4.78 is 8.59. The largest absolute Gasteiger partial charge is 0.417 e. The lowest BCUT2D eigenvalue weighted by Crippen LogP contribution is -2.43. The molecule has 0 bridgehead atoms. The molecule has 0 amide bonds. The summed E-state index contributed by atoms with van der Waals surface area (Å²) in [4.78, 5) is 11.9. The minimum Gasteiger partial charge on any atom is -0.417 e. The van der Waals surface area contributed by atoms with Crippen LogP contribution in [0, 0.1) is 0 Å². The molecule has 3 heterocycles. The van der Waals surface area contributed by atoms with E-state index in [-0.39, 0.29) is 16.5 Å². The van der Waals surface area contributed by atoms with Gasteiger partial charge in [-0.1, -0.05) is 57.5 Å². The molecule has 2 atom stereocenters. The van der Waals surface area contributed by atoms with Crippen molar-refractivity contribution < 1.29 is 4.43 Å². The maximum atomic E-state index is 6.47. The lowest BCUT2D eigenvalue weighted by atomic mass is 9.86. The molecule has 1 unspecified atom stereocenters. The fourth-order valence-electron chi connectivity index (χ4n) is 4.90. The predicted molar refractivity (Wildman–Crippen MR) is 152 cm³/mol. The van der Waals surface area contributed by atoms with Gasteiger partial charge in [-0.2, -0.15) is 0 Å². The first-order valence-electron chi connectivity index (χ1n) is 13.0. The molecule has 36 heavy (non-hydrogen) atoms. The minimum atomic E-state index is -1.79. The molecule has 1 fully saturated rings. The van der Waals surface area contributed by atoms with E-state index in [1.165, 1.54) is 5.56 Å². The molecule has 0 spiro atoms. The van der Waals surface area contributed by atoms with Gasteiger partial charge < -0.3 is 9.74 Å². The smallest absolute Gasteiger partial charge is 0.191 e. The Balaban J connectivity index is 1.68. The monoisotopic (exact) mass is 527 g/mol. The Morgan fingerprint density at radius 1 is 1.28 bits per heavy atom. The van der Waals surface area contributed by atoms with Crippen molar-refractivity contribution in [2.75, 3.05) is 33.8 Å². The predicted octanol–water partition coefficient (Wildman–Crippen LogP) is 6.32. The van der Waals surface area contributed by atoms with Crippen molar-refractivity contribution in [2.24, 2.45) is 0 Å². The standard InChI is InChI=1S/C28H42ClN5OSi/c1-20(12-15-35-36(7,8)27(2,3)4)26-32-25(23-17-31-24(29)18-34(23)26)21-10-9-11-22(16-21)28(33(5)6)13-14-30-19-28/h9-11,16-18,20,30H,12-15,19H2,1-8H3/t20-,28?/m0/s1. The zero-order chi connectivity index (χ0) is 26.3. The number of aromatic nitrogens is 3. The molecule has 4 rings (SSSR count). The lowest BCUT2D eigenvalue weighted by molar-refractivity contribution is 0.174. The quantitative estimate of drug-likeness (QED) is 0.347. The first kappa shape index (κ1) is 27.3. The summed E-state index contributed by atoms with van der Waals surface area (Å²) in [6.45, 7) is 16.4. The molecule has 1 saturated heterocycles. The molecule has 196 valence electrons. The van der Waals surface area contributed by atoms with E-state index in [9.17, 15) is 0 Å². The first-order valence-corrected chi connectivity index (χ1v) is 16.3. The van der Waals surface area contributed by atoms with E-state index in [2.05, 4.69) is 98.8 Å². The Labute approximate surface area is 222 Å². The van der Waals surface area contributed by atoms with Crippen molar-refractivity contribution in [3.05, 3.63) is 53.2 Å². The number of imidazole rings is 1. The second kappa shape index (κ2) is 10.2. The number of fused-ring (bicyclic) bond motifs is 1. The summed E-state index contributed by atoms with van der Waals surface area (Å²) in [5, 5.41) is 4.22. The minimum absolute atomic E-state index is 0.00961. The Morgan fingerprint density at radius 2 is 2.03 bits per heavy atom. The molecular formula is C28H42ClN5OSi. The molecular weight excluding hydrogens is 486 g/mol. The van der Waals surface area contributed by atoms with Crippen molar-refractivity contribution in [2.45, 2.75) is 70.1 Å². The van der Waals surface area contributed by atoms with Crippen molar-refractivity contribution in [3.63, 3.8) is 0 Å². The van der Waals surface area contributed by atoms with Crippen LogP contribution in [0.4, 0.5) is 0 Å². The highest BCUT2D eigenvalue weighted by molar-refractivity contribution is 6.74. The zero-order valence-corrected chi connectivity index (χ0v) is 24.9. The Kier molecular flexibility index (Phi) is 7.71. The molecule has 1 N–H and O–H groups in total. The molecule has 6 nitrogen and oxygen atoms in total. The number of benzene rings is 1. The van der Waals surface area contributed by atoms with Crippen LogP contribution in [-0.4, -0.2) is 61.4 Å². The van der Waals surface area contributed by atoms with Crippen LogP contribution in [0.1, 0.15) is 57.8 Å². The maximum absolute atomic E-state index is 6.47. The summed E-state index contributed by atoms with van der Waals surface area (Å²) in [6, 6.07) is 8.85. The summed E-state index contributed by atoms with van der Waals surface area (Å²) in [5.74, 6) is 1.21. The summed E-state index contributed by atoms with van der Waals surface area (Å²) in [6.07, 6.45) is 5.72. The van der Waals surface area contributed by atoms with Gasteiger partial charge in [0.2, 0.25) is 0 Å². The van der Waals surface area contributed by atoms with Gasteiger partial charge in [0.1, 0.15) is 11.0 Å². The fraction of sp³-hybridized carbons (Fsp3) is 0.571. The third-order valence-corrected chi connectivity index (χ3v) is 13.2. The summed E-state index contributed by atoms with van der Waals surface area (Å²) in [7, 11) is 2.55. The summed E-state index contributed by atoms with van der Waals surface area (Å²) in [5.41, 5.74) is 4.35. The van der Waals surface area contributed by atoms with Crippen LogP contribution in [-0.2, 0) is 9.96 Å². The van der Waals surface area contributed by atoms with Gasteiger partial charge in [-0.05, 0) is 63.2 Å². The van der Waals surface area contributed by atoms with E-state index >= 15 is 0 Å². The van der Waals surface area contributed by atoms with E-state index < -0.39 is 8.32 Å². The maximum Gasteiger partial charge on any atom is 0.191 e. The second-order valence-corrected chi connectivity index (χ2v) is 17.2. The number of rotatable bonds is 8. The molecule has 0 saturated carbocycles. The average molecular weight is 528 g/mol. The van der Waals surface area contributed by atoms with Gasteiger partial charge in [-0.3, -0.25) is 9.30 Å². The van der Waals surface area contributed by atoms with Crippen LogP contribution in [0.2, 0.25) is 23.3 Å². The van der Waals surface area contributed by atoms with Gasteiger partial charge in [-0.15, -0.1) is 0 Å². The molecule has 1 aromatic carbocycles. The number of hydrogen-bond acceptors (Lipinski definition) is 5. The van der Waals surface area contributed by atoms with Crippen LogP contribution in [0.15, 0.2) is 36.7 Å². The van der Waals surface area contributed by atoms with Gasteiger partial charge in [0.15, 0.2) is 8.32 Å². The van der Waals surface area contributed by atoms with Crippen LogP contribution in [0.5, 0.6) is 0 Å². The topological polar surface area (TPSA) is 54.7 Å². The number of nitrogens with one attached hydrogen (secondary N) is 1. The second-order valence-electron chi connectivity index (χ2n) is 12.0. The Hall–Kier alpha value is -1.77. The highest BCUT2D eigenvalue weighted by Crippen LogP contribution is 2.38. The molecule has 3 aromatic rings. The van der Waals surface area contributed by atoms with E-state index in [0.717, 1.165) is 55.1 Å². The molecule has 0 aliphatic carbocycles. The Morgan fingerprint density at radius 3 is 2.67 bits per heavy atom. The van der Waals surface area contributed by atoms with Crippen LogP contribution < -0.4 is 5.32 Å². The van der Waals surface area contributed by atoms with E-state index in [1.54, 1.807) is 0 Å². The molecule has 1 aliphatic rings. The first-order chi connectivity index (χ1) is 16.9. The van der Waals surface area contributed by atoms with Gasteiger partial charge in [0.25, 0.3) is 0 Å². The highest BCUT2D eigenvalue weighted by atomic mass is 35.5. The van der Waals surface area contributed by atoms with E-state index in [1.807, 2.05) is 12.4 Å². The van der Waals surface area contributed by atoms with Crippen molar-refractivity contribution >= 4 is 25.4 Å². The SMILES string of the molecule is C[C@@H](CCO[Si](C)(C)C(C)(C)C)c1nc(-c2cccc(C3(N(C)C)CCNC3)c2)c2cnc(Cl)cn12. The number of nitrogens with zero attached hydrogens (tertiary/aromatic N) is 4.